The van der Waals surface area contributed by atoms with E-state index in [0.29, 0.717) is 28.7 Å². The summed E-state index contributed by atoms with van der Waals surface area (Å²) in [5.41, 5.74) is 7.28. The van der Waals surface area contributed by atoms with Crippen molar-refractivity contribution < 1.29 is 14.3 Å². The lowest BCUT2D eigenvalue weighted by Crippen LogP contribution is -2.18. The number of hydrazone groups is 1. The lowest BCUT2D eigenvalue weighted by Gasteiger charge is -2.13. The Morgan fingerprint density at radius 2 is 1.74 bits per heavy atom. The van der Waals surface area contributed by atoms with Gasteiger partial charge < -0.3 is 9.47 Å². The zero-order chi connectivity index (χ0) is 27.2. The van der Waals surface area contributed by atoms with Crippen molar-refractivity contribution in [1.29, 1.82) is 0 Å². The first-order valence-corrected chi connectivity index (χ1v) is 13.5. The van der Waals surface area contributed by atoms with E-state index < -0.39 is 0 Å². The zero-order valence-electron chi connectivity index (χ0n) is 20.9. The average Bonchev–Trinajstić information content (AvgIpc) is 2.97. The molecule has 0 radical (unpaired) electrons. The Hall–Kier alpha value is -3.95. The molecule has 6 nitrogen and oxygen atoms in total. The van der Waals surface area contributed by atoms with E-state index in [1.54, 1.807) is 19.4 Å². The number of benzene rings is 4. The Labute approximate surface area is 244 Å². The molecule has 1 heterocycles. The predicted molar refractivity (Wildman–Crippen MR) is 164 cm³/mol. The summed E-state index contributed by atoms with van der Waals surface area (Å²) in [6.07, 6.45) is 1.58. The minimum atomic E-state index is -0.327. The number of nitrogens with one attached hydrogen (secondary N) is 1. The highest BCUT2D eigenvalue weighted by molar-refractivity contribution is 14.1. The van der Waals surface area contributed by atoms with Crippen LogP contribution in [0, 0.1) is 3.57 Å². The van der Waals surface area contributed by atoms with Gasteiger partial charge in [-0.15, -0.1) is 0 Å². The molecule has 0 saturated carbocycles. The van der Waals surface area contributed by atoms with Gasteiger partial charge in [-0.25, -0.2) is 10.4 Å². The number of amides is 1. The molecule has 39 heavy (non-hydrogen) atoms. The second-order valence-electron chi connectivity index (χ2n) is 8.59. The van der Waals surface area contributed by atoms with E-state index >= 15 is 0 Å². The van der Waals surface area contributed by atoms with Crippen LogP contribution >= 0.6 is 34.2 Å². The van der Waals surface area contributed by atoms with Crippen molar-refractivity contribution in [3.05, 3.63) is 122 Å². The Morgan fingerprint density at radius 1 is 1.00 bits per heavy atom. The molecule has 0 fully saturated rings. The van der Waals surface area contributed by atoms with Crippen LogP contribution in [-0.4, -0.2) is 24.2 Å². The summed E-state index contributed by atoms with van der Waals surface area (Å²) in [7, 11) is 1.59. The van der Waals surface area contributed by atoms with Gasteiger partial charge in [0.2, 0.25) is 0 Å². The third-order valence-corrected chi connectivity index (χ3v) is 7.01. The summed E-state index contributed by atoms with van der Waals surface area (Å²) in [6.45, 7) is 0.373. The van der Waals surface area contributed by atoms with Crippen LogP contribution < -0.4 is 14.9 Å². The van der Waals surface area contributed by atoms with Crippen LogP contribution in [0.2, 0.25) is 5.02 Å². The van der Waals surface area contributed by atoms with Gasteiger partial charge in [0, 0.05) is 16.0 Å². The molecule has 0 aliphatic heterocycles. The van der Waals surface area contributed by atoms with E-state index in [0.717, 1.165) is 36.9 Å². The largest absolute Gasteiger partial charge is 0.493 e. The van der Waals surface area contributed by atoms with Crippen LogP contribution in [-0.2, 0) is 6.61 Å². The molecule has 4 aromatic carbocycles. The topological polar surface area (TPSA) is 72.8 Å². The van der Waals surface area contributed by atoms with Crippen molar-refractivity contribution in [2.24, 2.45) is 5.10 Å². The van der Waals surface area contributed by atoms with E-state index in [4.69, 9.17) is 26.1 Å². The van der Waals surface area contributed by atoms with Crippen molar-refractivity contribution in [2.45, 2.75) is 6.61 Å². The first-order valence-electron chi connectivity index (χ1n) is 12.0. The Kier molecular flexibility index (Phi) is 8.39. The number of ether oxygens (including phenoxy) is 2. The van der Waals surface area contributed by atoms with Gasteiger partial charge in [-0.2, -0.15) is 5.10 Å². The smallest absolute Gasteiger partial charge is 0.272 e. The molecule has 0 spiro atoms. The summed E-state index contributed by atoms with van der Waals surface area (Å²) >= 11 is 8.16. The van der Waals surface area contributed by atoms with E-state index in [2.05, 4.69) is 33.1 Å². The fraction of sp³-hybridized carbons (Fsp3) is 0.0645. The van der Waals surface area contributed by atoms with Crippen molar-refractivity contribution in [3.8, 4) is 22.8 Å². The van der Waals surface area contributed by atoms with Gasteiger partial charge in [-0.05, 0) is 70.1 Å². The number of carbonyl (C=O) groups is 1. The Morgan fingerprint density at radius 3 is 2.51 bits per heavy atom. The SMILES string of the molecule is COc1cc(/C=N\NC(=O)c2cc(-c3ccccc3)nc3ccccc23)cc(I)c1OCc1ccc(Cl)cc1. The standard InChI is InChI=1S/C31H23ClIN3O3/c1-38-29-16-21(15-26(33)30(29)39-19-20-11-13-23(32)14-12-20)18-34-36-31(37)25-17-28(22-7-3-2-4-8-22)35-27-10-6-5-9-24(25)27/h2-18H,19H2,1H3,(H,36,37)/b34-18-. The molecule has 0 atom stereocenters. The van der Waals surface area contributed by atoms with Gasteiger partial charge >= 0.3 is 0 Å². The van der Waals surface area contributed by atoms with E-state index in [-0.39, 0.29) is 5.91 Å². The van der Waals surface area contributed by atoms with Crippen molar-refractivity contribution in [1.82, 2.24) is 10.4 Å². The summed E-state index contributed by atoms with van der Waals surface area (Å²) in [6, 6.07) is 30.3. The second-order valence-corrected chi connectivity index (χ2v) is 10.2. The number of halogens is 2. The van der Waals surface area contributed by atoms with Crippen LogP contribution in [0.1, 0.15) is 21.5 Å². The molecule has 1 N–H and O–H groups in total. The number of rotatable bonds is 8. The molecule has 0 bridgehead atoms. The number of methoxy groups -OCH3 is 1. The molecule has 0 saturated heterocycles. The normalized spacial score (nSPS) is 11.1. The monoisotopic (exact) mass is 647 g/mol. The van der Waals surface area contributed by atoms with Crippen molar-refractivity contribution in [2.75, 3.05) is 7.11 Å². The van der Waals surface area contributed by atoms with E-state index in [1.165, 1.54) is 0 Å². The molecular weight excluding hydrogens is 625 g/mol. The van der Waals surface area contributed by atoms with Gasteiger partial charge in [-0.1, -0.05) is 72.3 Å². The highest BCUT2D eigenvalue weighted by Gasteiger charge is 2.14. The Balaban J connectivity index is 1.34. The molecule has 1 aromatic heterocycles. The molecule has 0 unspecified atom stereocenters. The van der Waals surface area contributed by atoms with Crippen molar-refractivity contribution in [3.63, 3.8) is 0 Å². The maximum absolute atomic E-state index is 13.2. The molecule has 1 amide bonds. The fourth-order valence-electron chi connectivity index (χ4n) is 4.04. The lowest BCUT2D eigenvalue weighted by molar-refractivity contribution is 0.0956. The number of fused-ring (bicyclic) bond motifs is 1. The molecule has 5 rings (SSSR count). The van der Waals surface area contributed by atoms with E-state index in [1.807, 2.05) is 91.0 Å². The third kappa shape index (κ3) is 6.38. The molecule has 0 aliphatic rings. The van der Waals surface area contributed by atoms with Crippen molar-refractivity contribution >= 4 is 57.2 Å². The van der Waals surface area contributed by atoms with E-state index in [9.17, 15) is 4.79 Å². The van der Waals surface area contributed by atoms with Crippen LogP contribution in [0.15, 0.2) is 102 Å². The first kappa shape index (κ1) is 26.6. The van der Waals surface area contributed by atoms with Crippen LogP contribution in [0.3, 0.4) is 0 Å². The van der Waals surface area contributed by atoms with Gasteiger partial charge in [0.1, 0.15) is 6.61 Å². The summed E-state index contributed by atoms with van der Waals surface area (Å²) in [5.74, 6) is 0.869. The second kappa shape index (κ2) is 12.3. The molecule has 0 aliphatic carbocycles. The van der Waals surface area contributed by atoms with Crippen LogP contribution in [0.5, 0.6) is 11.5 Å². The fourth-order valence-corrected chi connectivity index (χ4v) is 4.94. The number of nitrogens with zero attached hydrogens (tertiary/aromatic N) is 2. The minimum absolute atomic E-state index is 0.327. The molecular formula is C31H23ClIN3O3. The summed E-state index contributed by atoms with van der Waals surface area (Å²) < 4.78 is 12.4. The summed E-state index contributed by atoms with van der Waals surface area (Å²) in [5, 5.41) is 5.65. The van der Waals surface area contributed by atoms with Gasteiger partial charge in [0.25, 0.3) is 5.91 Å². The molecule has 8 heteroatoms. The minimum Gasteiger partial charge on any atom is -0.493 e. The van der Waals surface area contributed by atoms with Crippen LogP contribution in [0.4, 0.5) is 0 Å². The zero-order valence-corrected chi connectivity index (χ0v) is 23.8. The quantitative estimate of drug-likeness (QED) is 0.108. The predicted octanol–water partition coefficient (Wildman–Crippen LogP) is 7.51. The maximum Gasteiger partial charge on any atom is 0.272 e. The highest BCUT2D eigenvalue weighted by Crippen LogP contribution is 2.34. The van der Waals surface area contributed by atoms with Crippen LogP contribution in [0.25, 0.3) is 22.2 Å². The number of aromatic nitrogens is 1. The third-order valence-electron chi connectivity index (χ3n) is 5.96. The Bertz CT molecular complexity index is 1660. The number of hydrogen-bond acceptors (Lipinski definition) is 5. The number of carbonyl (C=O) groups excluding carboxylic acids is 1. The lowest BCUT2D eigenvalue weighted by atomic mass is 10.0. The number of pyridine rings is 1. The molecule has 194 valence electrons. The maximum atomic E-state index is 13.2. The molecule has 5 aromatic rings. The first-order chi connectivity index (χ1) is 19.0. The highest BCUT2D eigenvalue weighted by atomic mass is 127. The van der Waals surface area contributed by atoms with Gasteiger partial charge in [-0.3, -0.25) is 4.79 Å². The van der Waals surface area contributed by atoms with Gasteiger partial charge in [0.05, 0.1) is 33.7 Å². The number of para-hydroxylation sites is 1. The average molecular weight is 648 g/mol. The summed E-state index contributed by atoms with van der Waals surface area (Å²) in [4.78, 5) is 18.0. The van der Waals surface area contributed by atoms with Gasteiger partial charge in [0.15, 0.2) is 11.5 Å². The number of hydrogen-bond donors (Lipinski definition) is 1.